The van der Waals surface area contributed by atoms with Gasteiger partial charge in [0.15, 0.2) is 0 Å². The first-order valence-electron chi connectivity index (χ1n) is 5.73. The minimum absolute atomic E-state index is 0.0349. The second kappa shape index (κ2) is 5.42. The minimum atomic E-state index is -0.549. The molecule has 0 spiro atoms. The Bertz CT molecular complexity index is 367. The molecule has 0 radical (unpaired) electrons. The molecule has 0 amide bonds. The molecule has 1 aliphatic heterocycles. The highest BCUT2D eigenvalue weighted by Gasteiger charge is 2.19. The lowest BCUT2D eigenvalue weighted by Gasteiger charge is -2.23. The van der Waals surface area contributed by atoms with Gasteiger partial charge in [0.2, 0.25) is 0 Å². The van der Waals surface area contributed by atoms with Crippen LogP contribution in [0.2, 0.25) is 0 Å². The summed E-state index contributed by atoms with van der Waals surface area (Å²) in [6.07, 6.45) is 0.775. The van der Waals surface area contributed by atoms with Crippen LogP contribution in [-0.2, 0) is 11.3 Å². The van der Waals surface area contributed by atoms with Gasteiger partial charge in [-0.1, -0.05) is 0 Å². The van der Waals surface area contributed by atoms with Crippen molar-refractivity contribution < 1.29 is 13.5 Å². The molecule has 0 aromatic heterocycles. The summed E-state index contributed by atoms with van der Waals surface area (Å²) in [5.41, 5.74) is 5.88. The molecular weight excluding hydrogens is 226 g/mol. The molecule has 1 fully saturated rings. The zero-order valence-electron chi connectivity index (χ0n) is 9.59. The number of rotatable bonds is 2. The van der Waals surface area contributed by atoms with Crippen molar-refractivity contribution in [3.63, 3.8) is 0 Å². The fourth-order valence-corrected chi connectivity index (χ4v) is 2.01. The molecule has 0 saturated carbocycles. The number of hydrogen-bond acceptors (Lipinski definition) is 3. The highest BCUT2D eigenvalue weighted by atomic mass is 19.1. The average molecular weight is 242 g/mol. The Balaban J connectivity index is 2.30. The van der Waals surface area contributed by atoms with E-state index in [1.54, 1.807) is 4.90 Å². The predicted molar refractivity (Wildman–Crippen MR) is 61.9 cm³/mol. The molecule has 5 heteroatoms. The molecule has 0 unspecified atom stereocenters. The molecule has 0 atom stereocenters. The summed E-state index contributed by atoms with van der Waals surface area (Å²) in [5, 5.41) is 0. The molecule has 1 aromatic carbocycles. The SMILES string of the molecule is NCc1cc(F)c(N2CCCOCC2)c(F)c1. The van der Waals surface area contributed by atoms with E-state index in [0.29, 0.717) is 31.9 Å². The number of anilines is 1. The average Bonchev–Trinajstić information content (AvgIpc) is 2.57. The Hall–Kier alpha value is -1.20. The van der Waals surface area contributed by atoms with Crippen molar-refractivity contribution in [2.45, 2.75) is 13.0 Å². The fraction of sp³-hybridized carbons (Fsp3) is 0.500. The summed E-state index contributed by atoms with van der Waals surface area (Å²) in [4.78, 5) is 1.69. The van der Waals surface area contributed by atoms with Gasteiger partial charge in [-0.15, -0.1) is 0 Å². The molecule has 3 nitrogen and oxygen atoms in total. The number of halogens is 2. The summed E-state index contributed by atoms with van der Waals surface area (Å²) < 4.78 is 32.9. The third kappa shape index (κ3) is 2.73. The first-order chi connectivity index (χ1) is 8.22. The van der Waals surface area contributed by atoms with Crippen LogP contribution in [-0.4, -0.2) is 26.3 Å². The first kappa shape index (κ1) is 12.3. The number of nitrogens with two attached hydrogens (primary N) is 1. The monoisotopic (exact) mass is 242 g/mol. The van der Waals surface area contributed by atoms with Gasteiger partial charge in [0.05, 0.1) is 6.61 Å². The van der Waals surface area contributed by atoms with E-state index < -0.39 is 11.6 Å². The minimum Gasteiger partial charge on any atom is -0.380 e. The van der Waals surface area contributed by atoms with Crippen LogP contribution in [0.25, 0.3) is 0 Å². The van der Waals surface area contributed by atoms with E-state index in [-0.39, 0.29) is 12.2 Å². The lowest BCUT2D eigenvalue weighted by molar-refractivity contribution is 0.152. The van der Waals surface area contributed by atoms with Gasteiger partial charge in [-0.3, -0.25) is 0 Å². The van der Waals surface area contributed by atoms with Gasteiger partial charge in [-0.05, 0) is 24.1 Å². The maximum Gasteiger partial charge on any atom is 0.149 e. The molecule has 1 aliphatic rings. The topological polar surface area (TPSA) is 38.5 Å². The summed E-state index contributed by atoms with van der Waals surface area (Å²) in [5.74, 6) is -1.10. The Morgan fingerprint density at radius 3 is 2.53 bits per heavy atom. The number of ether oxygens (including phenoxy) is 1. The van der Waals surface area contributed by atoms with Gasteiger partial charge in [-0.25, -0.2) is 8.78 Å². The van der Waals surface area contributed by atoms with Crippen LogP contribution < -0.4 is 10.6 Å². The summed E-state index contributed by atoms with van der Waals surface area (Å²) in [7, 11) is 0. The molecular formula is C12H16F2N2O. The van der Waals surface area contributed by atoms with Crippen molar-refractivity contribution in [3.8, 4) is 0 Å². The van der Waals surface area contributed by atoms with E-state index in [1.807, 2.05) is 0 Å². The second-order valence-electron chi connectivity index (χ2n) is 4.07. The van der Waals surface area contributed by atoms with Gasteiger partial charge in [0, 0.05) is 26.2 Å². The third-order valence-corrected chi connectivity index (χ3v) is 2.85. The van der Waals surface area contributed by atoms with Gasteiger partial charge in [-0.2, -0.15) is 0 Å². The molecule has 0 aliphatic carbocycles. The molecule has 2 rings (SSSR count). The summed E-state index contributed by atoms with van der Waals surface area (Å²) >= 11 is 0. The van der Waals surface area contributed by atoms with E-state index in [9.17, 15) is 8.78 Å². The number of hydrogen-bond donors (Lipinski definition) is 1. The second-order valence-corrected chi connectivity index (χ2v) is 4.07. The number of benzene rings is 1. The largest absolute Gasteiger partial charge is 0.380 e. The van der Waals surface area contributed by atoms with Crippen LogP contribution in [0, 0.1) is 11.6 Å². The van der Waals surface area contributed by atoms with Gasteiger partial charge >= 0.3 is 0 Å². The smallest absolute Gasteiger partial charge is 0.149 e. The van der Waals surface area contributed by atoms with Crippen molar-refractivity contribution in [1.82, 2.24) is 0 Å². The van der Waals surface area contributed by atoms with Crippen LogP contribution in [0.3, 0.4) is 0 Å². The lowest BCUT2D eigenvalue weighted by Crippen LogP contribution is -2.28. The van der Waals surface area contributed by atoms with Gasteiger partial charge < -0.3 is 15.4 Å². The highest BCUT2D eigenvalue weighted by Crippen LogP contribution is 2.25. The normalized spacial score (nSPS) is 17.0. The third-order valence-electron chi connectivity index (χ3n) is 2.85. The van der Waals surface area contributed by atoms with Crippen molar-refractivity contribution >= 4 is 5.69 Å². The molecule has 2 N–H and O–H groups in total. The molecule has 1 aromatic rings. The van der Waals surface area contributed by atoms with E-state index in [4.69, 9.17) is 10.5 Å². The Labute approximate surface area is 99.2 Å². The highest BCUT2D eigenvalue weighted by molar-refractivity contribution is 5.50. The standard InChI is InChI=1S/C12H16F2N2O/c13-10-6-9(8-15)7-11(14)12(10)16-2-1-4-17-5-3-16/h6-7H,1-5,8,15H2. The Kier molecular flexibility index (Phi) is 3.91. The summed E-state index contributed by atoms with van der Waals surface area (Å²) in [6, 6.07) is 2.59. The Morgan fingerprint density at radius 2 is 1.88 bits per heavy atom. The lowest BCUT2D eigenvalue weighted by atomic mass is 10.1. The molecule has 1 heterocycles. The number of nitrogens with zero attached hydrogens (tertiary/aromatic N) is 1. The molecule has 1 saturated heterocycles. The maximum atomic E-state index is 13.8. The van der Waals surface area contributed by atoms with Crippen molar-refractivity contribution in [3.05, 3.63) is 29.3 Å². The van der Waals surface area contributed by atoms with Crippen LogP contribution in [0.15, 0.2) is 12.1 Å². The van der Waals surface area contributed by atoms with E-state index in [1.165, 1.54) is 12.1 Å². The van der Waals surface area contributed by atoms with E-state index in [0.717, 1.165) is 6.42 Å². The van der Waals surface area contributed by atoms with Crippen molar-refractivity contribution in [1.29, 1.82) is 0 Å². The van der Waals surface area contributed by atoms with E-state index >= 15 is 0 Å². The van der Waals surface area contributed by atoms with Crippen LogP contribution >= 0.6 is 0 Å². The van der Waals surface area contributed by atoms with Gasteiger partial charge in [0.1, 0.15) is 17.3 Å². The molecule has 0 bridgehead atoms. The van der Waals surface area contributed by atoms with E-state index in [2.05, 4.69) is 0 Å². The van der Waals surface area contributed by atoms with Crippen LogP contribution in [0.4, 0.5) is 14.5 Å². The van der Waals surface area contributed by atoms with Crippen molar-refractivity contribution in [2.75, 3.05) is 31.2 Å². The summed E-state index contributed by atoms with van der Waals surface area (Å²) in [6.45, 7) is 2.39. The maximum absolute atomic E-state index is 13.8. The first-order valence-corrected chi connectivity index (χ1v) is 5.73. The quantitative estimate of drug-likeness (QED) is 0.857. The molecule has 94 valence electrons. The van der Waals surface area contributed by atoms with Gasteiger partial charge in [0.25, 0.3) is 0 Å². The van der Waals surface area contributed by atoms with Crippen LogP contribution in [0.1, 0.15) is 12.0 Å². The van der Waals surface area contributed by atoms with Crippen molar-refractivity contribution in [2.24, 2.45) is 5.73 Å². The predicted octanol–water partition coefficient (Wildman–Crippen LogP) is 1.65. The zero-order valence-corrected chi connectivity index (χ0v) is 9.59. The Morgan fingerprint density at radius 1 is 1.18 bits per heavy atom. The zero-order chi connectivity index (χ0) is 12.3. The van der Waals surface area contributed by atoms with Crippen LogP contribution in [0.5, 0.6) is 0 Å². The fourth-order valence-electron chi connectivity index (χ4n) is 2.01. The molecule has 17 heavy (non-hydrogen) atoms.